The van der Waals surface area contributed by atoms with Gasteiger partial charge in [-0.3, -0.25) is 9.79 Å². The first-order valence-corrected chi connectivity index (χ1v) is 7.35. The normalized spacial score (nSPS) is 21.0. The van der Waals surface area contributed by atoms with Gasteiger partial charge in [0.05, 0.1) is 5.56 Å². The lowest BCUT2D eigenvalue weighted by Crippen LogP contribution is -2.41. The van der Waals surface area contributed by atoms with Crippen LogP contribution in [0.4, 0.5) is 0 Å². The van der Waals surface area contributed by atoms with Crippen LogP contribution in [0.15, 0.2) is 11.1 Å². The lowest BCUT2D eigenvalue weighted by molar-refractivity contribution is -0.124. The SMILES string of the molecule is Cc1cc(C(=O)O)c(C2=NC(C)(C(C)C)C(=O)N2)c(C)c1C. The summed E-state index contributed by atoms with van der Waals surface area (Å²) in [5.74, 6) is -0.827. The monoisotopic (exact) mass is 302 g/mol. The summed E-state index contributed by atoms with van der Waals surface area (Å²) < 4.78 is 0. The second-order valence-corrected chi connectivity index (χ2v) is 6.39. The largest absolute Gasteiger partial charge is 0.478 e. The van der Waals surface area contributed by atoms with E-state index in [-0.39, 0.29) is 17.4 Å². The lowest BCUT2D eigenvalue weighted by atomic mass is 9.89. The van der Waals surface area contributed by atoms with Crippen LogP contribution in [0.5, 0.6) is 0 Å². The molecule has 1 aromatic carbocycles. The Bertz CT molecular complexity index is 704. The summed E-state index contributed by atoms with van der Waals surface area (Å²) in [5, 5.41) is 12.3. The molecule has 1 aromatic rings. The molecular weight excluding hydrogens is 280 g/mol. The van der Waals surface area contributed by atoms with E-state index in [1.54, 1.807) is 13.0 Å². The van der Waals surface area contributed by atoms with E-state index < -0.39 is 11.5 Å². The van der Waals surface area contributed by atoms with Crippen LogP contribution in [0.3, 0.4) is 0 Å². The van der Waals surface area contributed by atoms with Gasteiger partial charge in [-0.2, -0.15) is 0 Å². The predicted octanol–water partition coefficient (Wildman–Crippen LogP) is 2.60. The van der Waals surface area contributed by atoms with Crippen LogP contribution in [0, 0.1) is 26.7 Å². The third kappa shape index (κ3) is 2.30. The van der Waals surface area contributed by atoms with Gasteiger partial charge in [0, 0.05) is 5.56 Å². The summed E-state index contributed by atoms with van der Waals surface area (Å²) in [6.45, 7) is 11.3. The first-order valence-electron chi connectivity index (χ1n) is 7.35. The number of carboxylic acids is 1. The molecule has 1 unspecified atom stereocenters. The lowest BCUT2D eigenvalue weighted by Gasteiger charge is -2.21. The van der Waals surface area contributed by atoms with E-state index in [2.05, 4.69) is 10.3 Å². The highest BCUT2D eigenvalue weighted by atomic mass is 16.4. The number of rotatable bonds is 3. The smallest absolute Gasteiger partial charge is 0.336 e. The number of amides is 1. The van der Waals surface area contributed by atoms with E-state index in [0.29, 0.717) is 11.4 Å². The van der Waals surface area contributed by atoms with E-state index in [4.69, 9.17) is 0 Å². The third-order valence-electron chi connectivity index (χ3n) is 4.79. The van der Waals surface area contributed by atoms with Gasteiger partial charge < -0.3 is 10.4 Å². The molecule has 5 nitrogen and oxygen atoms in total. The molecule has 118 valence electrons. The molecule has 22 heavy (non-hydrogen) atoms. The van der Waals surface area contributed by atoms with Crippen LogP contribution >= 0.6 is 0 Å². The number of carbonyl (C=O) groups excluding carboxylic acids is 1. The Balaban J connectivity index is 2.71. The van der Waals surface area contributed by atoms with Crippen molar-refractivity contribution in [3.05, 3.63) is 33.9 Å². The van der Waals surface area contributed by atoms with E-state index in [9.17, 15) is 14.7 Å². The average molecular weight is 302 g/mol. The van der Waals surface area contributed by atoms with Crippen molar-refractivity contribution in [2.75, 3.05) is 0 Å². The highest BCUT2D eigenvalue weighted by Gasteiger charge is 2.43. The quantitative estimate of drug-likeness (QED) is 0.900. The van der Waals surface area contributed by atoms with Crippen LogP contribution in [-0.4, -0.2) is 28.4 Å². The topological polar surface area (TPSA) is 78.8 Å². The van der Waals surface area contributed by atoms with Gasteiger partial charge in [-0.05, 0) is 56.4 Å². The number of amidine groups is 1. The number of carboxylic acid groups (broad SMARTS) is 1. The number of nitrogens with one attached hydrogen (secondary N) is 1. The third-order valence-corrected chi connectivity index (χ3v) is 4.79. The molecule has 1 heterocycles. The molecule has 0 aromatic heterocycles. The zero-order valence-corrected chi connectivity index (χ0v) is 13.9. The molecule has 0 radical (unpaired) electrons. The molecule has 0 bridgehead atoms. The maximum atomic E-state index is 12.3. The molecule has 0 saturated heterocycles. The molecule has 1 aliphatic heterocycles. The van der Waals surface area contributed by atoms with E-state index in [1.807, 2.05) is 34.6 Å². The minimum atomic E-state index is -1.02. The number of aliphatic imine (C=N–C) groups is 1. The Morgan fingerprint density at radius 1 is 1.27 bits per heavy atom. The van der Waals surface area contributed by atoms with Crippen molar-refractivity contribution in [1.82, 2.24) is 5.32 Å². The highest BCUT2D eigenvalue weighted by Crippen LogP contribution is 2.30. The first-order chi connectivity index (χ1) is 10.1. The van der Waals surface area contributed by atoms with Crippen molar-refractivity contribution in [2.24, 2.45) is 10.9 Å². The fourth-order valence-corrected chi connectivity index (χ4v) is 2.61. The maximum absolute atomic E-state index is 12.3. The summed E-state index contributed by atoms with van der Waals surface area (Å²) in [5.41, 5.74) is 2.58. The molecule has 1 aliphatic rings. The number of carbonyl (C=O) groups is 2. The molecule has 1 atom stereocenters. The Morgan fingerprint density at radius 3 is 2.32 bits per heavy atom. The van der Waals surface area contributed by atoms with Crippen molar-refractivity contribution >= 4 is 17.7 Å². The summed E-state index contributed by atoms with van der Waals surface area (Å²) in [6.07, 6.45) is 0. The molecule has 2 rings (SSSR count). The fourth-order valence-electron chi connectivity index (χ4n) is 2.61. The maximum Gasteiger partial charge on any atom is 0.336 e. The van der Waals surface area contributed by atoms with E-state index >= 15 is 0 Å². The predicted molar refractivity (Wildman–Crippen MR) is 85.5 cm³/mol. The van der Waals surface area contributed by atoms with Gasteiger partial charge in [0.15, 0.2) is 0 Å². The average Bonchev–Trinajstić information content (AvgIpc) is 2.72. The summed E-state index contributed by atoms with van der Waals surface area (Å²) in [4.78, 5) is 28.4. The van der Waals surface area contributed by atoms with Gasteiger partial charge in [0.25, 0.3) is 5.91 Å². The Morgan fingerprint density at radius 2 is 1.86 bits per heavy atom. The van der Waals surface area contributed by atoms with Crippen molar-refractivity contribution in [1.29, 1.82) is 0 Å². The van der Waals surface area contributed by atoms with Gasteiger partial charge in [-0.25, -0.2) is 4.79 Å². The van der Waals surface area contributed by atoms with E-state index in [0.717, 1.165) is 16.7 Å². The minimum absolute atomic E-state index is 0.0186. The van der Waals surface area contributed by atoms with Gasteiger partial charge >= 0.3 is 5.97 Å². The number of aromatic carboxylic acids is 1. The summed E-state index contributed by atoms with van der Waals surface area (Å²) >= 11 is 0. The first kappa shape index (κ1) is 16.2. The van der Waals surface area contributed by atoms with Crippen LogP contribution < -0.4 is 5.32 Å². The van der Waals surface area contributed by atoms with Gasteiger partial charge in [-0.15, -0.1) is 0 Å². The Kier molecular flexibility index (Phi) is 3.85. The van der Waals surface area contributed by atoms with Crippen LogP contribution in [0.2, 0.25) is 0 Å². The van der Waals surface area contributed by atoms with Crippen molar-refractivity contribution in [2.45, 2.75) is 47.1 Å². The Labute approximate surface area is 130 Å². The number of hydrogen-bond acceptors (Lipinski definition) is 3. The molecule has 5 heteroatoms. The standard InChI is InChI=1S/C17H22N2O3/c1-8(2)17(6)16(22)18-14(19-17)13-11(5)10(4)9(3)7-12(13)15(20)21/h7-8H,1-6H3,(H,20,21)(H,18,19,22). The molecule has 0 spiro atoms. The van der Waals surface area contributed by atoms with Crippen molar-refractivity contribution < 1.29 is 14.7 Å². The van der Waals surface area contributed by atoms with Crippen molar-refractivity contribution in [3.8, 4) is 0 Å². The molecular formula is C17H22N2O3. The number of aryl methyl sites for hydroxylation is 1. The van der Waals surface area contributed by atoms with Crippen LogP contribution in [0.1, 0.15) is 53.4 Å². The second-order valence-electron chi connectivity index (χ2n) is 6.39. The molecule has 0 saturated carbocycles. The van der Waals surface area contributed by atoms with Gasteiger partial charge in [-0.1, -0.05) is 13.8 Å². The fraction of sp³-hybridized carbons (Fsp3) is 0.471. The van der Waals surface area contributed by atoms with Gasteiger partial charge in [0.1, 0.15) is 11.4 Å². The van der Waals surface area contributed by atoms with E-state index in [1.165, 1.54) is 0 Å². The molecule has 0 fully saturated rings. The number of hydrogen-bond donors (Lipinski definition) is 2. The number of nitrogens with zero attached hydrogens (tertiary/aromatic N) is 1. The minimum Gasteiger partial charge on any atom is -0.478 e. The zero-order chi connectivity index (χ0) is 16.8. The number of benzene rings is 1. The second kappa shape index (κ2) is 5.23. The van der Waals surface area contributed by atoms with Crippen LogP contribution in [-0.2, 0) is 4.79 Å². The molecule has 1 amide bonds. The Hall–Kier alpha value is -2.17. The van der Waals surface area contributed by atoms with Crippen molar-refractivity contribution in [3.63, 3.8) is 0 Å². The summed E-state index contributed by atoms with van der Waals surface area (Å²) in [7, 11) is 0. The molecule has 0 aliphatic carbocycles. The zero-order valence-electron chi connectivity index (χ0n) is 13.9. The van der Waals surface area contributed by atoms with Crippen LogP contribution in [0.25, 0.3) is 0 Å². The summed E-state index contributed by atoms with van der Waals surface area (Å²) in [6, 6.07) is 1.64. The molecule has 2 N–H and O–H groups in total. The highest BCUT2D eigenvalue weighted by molar-refractivity contribution is 6.19. The van der Waals surface area contributed by atoms with Gasteiger partial charge in [0.2, 0.25) is 0 Å².